The molecule has 30 heavy (non-hydrogen) atoms. The van der Waals surface area contributed by atoms with Gasteiger partial charge in [0.1, 0.15) is 11.5 Å². The van der Waals surface area contributed by atoms with E-state index in [1.54, 1.807) is 12.1 Å². The monoisotopic (exact) mass is 450 g/mol. The minimum atomic E-state index is -0.207. The van der Waals surface area contributed by atoms with Crippen molar-refractivity contribution in [3.8, 4) is 11.5 Å². The largest absolute Gasteiger partial charge is 0.495 e. The van der Waals surface area contributed by atoms with Gasteiger partial charge in [-0.3, -0.25) is 9.59 Å². The van der Waals surface area contributed by atoms with Crippen molar-refractivity contribution in [2.24, 2.45) is 5.41 Å². The van der Waals surface area contributed by atoms with Crippen LogP contribution >= 0.6 is 23.4 Å². The first-order chi connectivity index (χ1) is 14.1. The average molecular weight is 451 g/mol. The molecular formula is C22H27ClN2O4S. The Kier molecular flexibility index (Phi) is 8.43. The number of carbonyl (C=O) groups is 2. The number of benzene rings is 2. The maximum atomic E-state index is 12.4. The molecule has 0 radical (unpaired) electrons. The second kappa shape index (κ2) is 10.6. The molecule has 0 atom stereocenters. The second-order valence-corrected chi connectivity index (χ2v) is 9.29. The summed E-state index contributed by atoms with van der Waals surface area (Å²) in [5.41, 5.74) is 1.09. The molecule has 0 aliphatic heterocycles. The van der Waals surface area contributed by atoms with Gasteiger partial charge in [-0.25, -0.2) is 0 Å². The normalized spacial score (nSPS) is 11.0. The molecule has 0 saturated heterocycles. The quantitative estimate of drug-likeness (QED) is 0.522. The lowest BCUT2D eigenvalue weighted by Gasteiger charge is -2.17. The zero-order valence-electron chi connectivity index (χ0n) is 17.8. The molecule has 0 bridgehead atoms. The number of halogens is 1. The Bertz CT molecular complexity index is 912. The third kappa shape index (κ3) is 7.46. The van der Waals surface area contributed by atoms with Crippen molar-refractivity contribution in [2.45, 2.75) is 32.1 Å². The van der Waals surface area contributed by atoms with Gasteiger partial charge < -0.3 is 20.1 Å². The fourth-order valence-corrected chi connectivity index (χ4v) is 3.64. The number of thioether (sulfide) groups is 1. The summed E-state index contributed by atoms with van der Waals surface area (Å²) < 4.78 is 10.5. The number of hydrogen-bond donors (Lipinski definition) is 2. The van der Waals surface area contributed by atoms with Crippen molar-refractivity contribution in [1.29, 1.82) is 0 Å². The molecule has 0 saturated carbocycles. The standard InChI is InChI=1S/C22H27ClN2O4S/c1-22(2,3)12-20(26)24-14-7-6-8-15(9-14)30-13-21(27)25-17-10-16(23)18(28-4)11-19(17)29-5/h6-11H,12-13H2,1-5H3,(H,24,26)(H,25,27). The maximum absolute atomic E-state index is 12.4. The first kappa shape index (κ1) is 23.9. The van der Waals surface area contributed by atoms with Gasteiger partial charge in [0.05, 0.1) is 30.7 Å². The van der Waals surface area contributed by atoms with Crippen LogP contribution in [-0.2, 0) is 9.59 Å². The molecule has 2 rings (SSSR count). The molecule has 0 spiro atoms. The third-order valence-electron chi connectivity index (χ3n) is 3.93. The molecule has 0 heterocycles. The highest BCUT2D eigenvalue weighted by atomic mass is 35.5. The van der Waals surface area contributed by atoms with Gasteiger partial charge in [-0.2, -0.15) is 0 Å². The second-order valence-electron chi connectivity index (χ2n) is 7.84. The number of nitrogens with one attached hydrogen (secondary N) is 2. The summed E-state index contributed by atoms with van der Waals surface area (Å²) in [5.74, 6) is 0.864. The van der Waals surface area contributed by atoms with E-state index in [1.807, 2.05) is 45.0 Å². The van der Waals surface area contributed by atoms with Gasteiger partial charge in [-0.1, -0.05) is 38.4 Å². The Labute approximate surface area is 186 Å². The molecule has 2 N–H and O–H groups in total. The van der Waals surface area contributed by atoms with Crippen LogP contribution in [-0.4, -0.2) is 31.8 Å². The van der Waals surface area contributed by atoms with Crippen LogP contribution in [0.4, 0.5) is 11.4 Å². The number of methoxy groups -OCH3 is 2. The number of hydrogen-bond acceptors (Lipinski definition) is 5. The third-order valence-corrected chi connectivity index (χ3v) is 5.22. The molecule has 2 amide bonds. The van der Waals surface area contributed by atoms with E-state index in [2.05, 4.69) is 10.6 Å². The molecule has 6 nitrogen and oxygen atoms in total. The van der Waals surface area contributed by atoms with Gasteiger partial charge in [0, 0.05) is 23.1 Å². The van der Waals surface area contributed by atoms with Gasteiger partial charge in [0.2, 0.25) is 11.8 Å². The highest BCUT2D eigenvalue weighted by Gasteiger charge is 2.16. The predicted molar refractivity (Wildman–Crippen MR) is 123 cm³/mol. The molecule has 0 aliphatic carbocycles. The van der Waals surface area contributed by atoms with Crippen LogP contribution in [0.1, 0.15) is 27.2 Å². The Morgan fingerprint density at radius 1 is 1.00 bits per heavy atom. The smallest absolute Gasteiger partial charge is 0.234 e. The van der Waals surface area contributed by atoms with Crippen LogP contribution in [0.2, 0.25) is 5.02 Å². The summed E-state index contributed by atoms with van der Waals surface area (Å²) in [6, 6.07) is 10.6. The molecule has 0 aromatic heterocycles. The van der Waals surface area contributed by atoms with E-state index in [4.69, 9.17) is 21.1 Å². The van der Waals surface area contributed by atoms with Gasteiger partial charge in [-0.15, -0.1) is 11.8 Å². The predicted octanol–water partition coefficient (Wildman–Crippen LogP) is 5.46. The van der Waals surface area contributed by atoms with E-state index in [0.29, 0.717) is 34.3 Å². The van der Waals surface area contributed by atoms with Crippen molar-refractivity contribution in [3.05, 3.63) is 41.4 Å². The van der Waals surface area contributed by atoms with E-state index < -0.39 is 0 Å². The van der Waals surface area contributed by atoms with E-state index in [1.165, 1.54) is 26.0 Å². The fourth-order valence-electron chi connectivity index (χ4n) is 2.64. The first-order valence-corrected chi connectivity index (χ1v) is 10.7. The van der Waals surface area contributed by atoms with Crippen molar-refractivity contribution in [3.63, 3.8) is 0 Å². The molecular weight excluding hydrogens is 424 g/mol. The SMILES string of the molecule is COc1cc(OC)c(NC(=O)CSc2cccc(NC(=O)CC(C)(C)C)c2)cc1Cl. The van der Waals surface area contributed by atoms with Gasteiger partial charge in [-0.05, 0) is 29.7 Å². The van der Waals surface area contributed by atoms with Crippen LogP contribution in [0.5, 0.6) is 11.5 Å². The van der Waals surface area contributed by atoms with Gasteiger partial charge in [0.25, 0.3) is 0 Å². The zero-order valence-corrected chi connectivity index (χ0v) is 19.4. The fraction of sp³-hybridized carbons (Fsp3) is 0.364. The number of ether oxygens (including phenoxy) is 2. The summed E-state index contributed by atoms with van der Waals surface area (Å²) >= 11 is 7.51. The minimum absolute atomic E-state index is 0.0362. The zero-order chi connectivity index (χ0) is 22.3. The van der Waals surface area contributed by atoms with Crippen LogP contribution in [0, 0.1) is 5.41 Å². The Balaban J connectivity index is 1.97. The Hall–Kier alpha value is -2.38. The van der Waals surface area contributed by atoms with Crippen molar-refractivity contribution < 1.29 is 19.1 Å². The number of carbonyl (C=O) groups excluding carboxylic acids is 2. The number of amides is 2. The summed E-state index contributed by atoms with van der Waals surface area (Å²) in [7, 11) is 3.02. The van der Waals surface area contributed by atoms with E-state index >= 15 is 0 Å². The first-order valence-electron chi connectivity index (χ1n) is 9.35. The van der Waals surface area contributed by atoms with Crippen molar-refractivity contribution >= 4 is 46.6 Å². The van der Waals surface area contributed by atoms with E-state index in [-0.39, 0.29) is 23.0 Å². The molecule has 2 aromatic carbocycles. The number of rotatable bonds is 8. The summed E-state index contributed by atoms with van der Waals surface area (Å²) in [6.45, 7) is 6.05. The van der Waals surface area contributed by atoms with Crippen LogP contribution in [0.15, 0.2) is 41.3 Å². The lowest BCUT2D eigenvalue weighted by atomic mass is 9.92. The summed E-state index contributed by atoms with van der Waals surface area (Å²) in [5, 5.41) is 6.08. The topological polar surface area (TPSA) is 76.7 Å². The molecule has 0 unspecified atom stereocenters. The van der Waals surface area contributed by atoms with E-state index in [9.17, 15) is 9.59 Å². The average Bonchev–Trinajstić information content (AvgIpc) is 2.65. The van der Waals surface area contributed by atoms with Gasteiger partial charge >= 0.3 is 0 Å². The summed E-state index contributed by atoms with van der Waals surface area (Å²) in [4.78, 5) is 25.4. The molecule has 0 fully saturated rings. The minimum Gasteiger partial charge on any atom is -0.495 e. The van der Waals surface area contributed by atoms with Gasteiger partial charge in [0.15, 0.2) is 0 Å². The lowest BCUT2D eigenvalue weighted by Crippen LogP contribution is -2.19. The van der Waals surface area contributed by atoms with Crippen LogP contribution < -0.4 is 20.1 Å². The summed E-state index contributed by atoms with van der Waals surface area (Å²) in [6.07, 6.45) is 0.430. The Morgan fingerprint density at radius 3 is 2.33 bits per heavy atom. The highest BCUT2D eigenvalue weighted by molar-refractivity contribution is 8.00. The van der Waals surface area contributed by atoms with Crippen molar-refractivity contribution in [2.75, 3.05) is 30.6 Å². The highest BCUT2D eigenvalue weighted by Crippen LogP contribution is 2.36. The van der Waals surface area contributed by atoms with Crippen LogP contribution in [0.25, 0.3) is 0 Å². The lowest BCUT2D eigenvalue weighted by molar-refractivity contribution is -0.118. The molecule has 162 valence electrons. The molecule has 0 aliphatic rings. The number of anilines is 2. The Morgan fingerprint density at radius 2 is 1.70 bits per heavy atom. The maximum Gasteiger partial charge on any atom is 0.234 e. The van der Waals surface area contributed by atoms with Crippen molar-refractivity contribution in [1.82, 2.24) is 0 Å². The van der Waals surface area contributed by atoms with Crippen LogP contribution in [0.3, 0.4) is 0 Å². The molecule has 8 heteroatoms. The van der Waals surface area contributed by atoms with E-state index in [0.717, 1.165) is 4.90 Å². The molecule has 2 aromatic rings.